The van der Waals surface area contributed by atoms with Gasteiger partial charge in [-0.15, -0.1) is 11.6 Å². The number of benzene rings is 2. The minimum Gasteiger partial charge on any atom is -0.497 e. The van der Waals surface area contributed by atoms with Gasteiger partial charge in [-0.05, 0) is 71.3 Å². The first kappa shape index (κ1) is 24.9. The van der Waals surface area contributed by atoms with Gasteiger partial charge in [0.1, 0.15) is 11.6 Å². The summed E-state index contributed by atoms with van der Waals surface area (Å²) in [7, 11) is -0.698. The Hall–Kier alpha value is -1.36. The van der Waals surface area contributed by atoms with Crippen molar-refractivity contribution in [3.05, 3.63) is 53.3 Å². The van der Waals surface area contributed by atoms with Crippen molar-refractivity contribution < 1.29 is 13.9 Å². The zero-order valence-electron chi connectivity index (χ0n) is 19.6. The van der Waals surface area contributed by atoms with E-state index in [1.54, 1.807) is 19.2 Å². The molecule has 0 aliphatic heterocycles. The average Bonchev–Trinajstić information content (AvgIpc) is 2.64. The topological polar surface area (TPSA) is 29.5 Å². The molecule has 0 aliphatic carbocycles. The first-order valence-electron chi connectivity index (χ1n) is 10.5. The van der Waals surface area contributed by atoms with E-state index >= 15 is 0 Å². The molecule has 1 unspecified atom stereocenters. The molecule has 0 spiro atoms. The molecule has 0 bridgehead atoms. The molecule has 0 aromatic heterocycles. The SMILES string of the molecule is COc1ccc(F)c(-c2ccc(CCC(C)(C)[Si](C)(C)O)cc2C(Cl)C(C)(C)C)c1. The molecule has 0 fully saturated rings. The van der Waals surface area contributed by atoms with E-state index in [1.807, 2.05) is 25.2 Å². The van der Waals surface area contributed by atoms with Crippen LogP contribution in [0.1, 0.15) is 57.5 Å². The molecule has 0 aliphatic rings. The molecular formula is C25H36ClFO2Si. The van der Waals surface area contributed by atoms with Gasteiger partial charge in [0.2, 0.25) is 0 Å². The Balaban J connectivity index is 2.52. The molecule has 1 N–H and O–H groups in total. The number of methoxy groups -OCH3 is 1. The molecule has 166 valence electrons. The zero-order chi connectivity index (χ0) is 22.9. The van der Waals surface area contributed by atoms with Crippen LogP contribution in [0.25, 0.3) is 11.1 Å². The second kappa shape index (κ2) is 9.02. The fraction of sp³-hybridized carbons (Fsp3) is 0.520. The molecular weight excluding hydrogens is 415 g/mol. The van der Waals surface area contributed by atoms with Crippen LogP contribution in [0.2, 0.25) is 18.1 Å². The van der Waals surface area contributed by atoms with Gasteiger partial charge < -0.3 is 9.53 Å². The maximum absolute atomic E-state index is 14.7. The quantitative estimate of drug-likeness (QED) is 0.345. The zero-order valence-corrected chi connectivity index (χ0v) is 21.3. The summed E-state index contributed by atoms with van der Waals surface area (Å²) in [5.74, 6) is 0.317. The third-order valence-corrected chi connectivity index (χ3v) is 10.8. The lowest BCUT2D eigenvalue weighted by atomic mass is 9.83. The first-order chi connectivity index (χ1) is 13.7. The van der Waals surface area contributed by atoms with Gasteiger partial charge in [-0.3, -0.25) is 0 Å². The van der Waals surface area contributed by atoms with Crippen molar-refractivity contribution in [2.24, 2.45) is 5.41 Å². The summed E-state index contributed by atoms with van der Waals surface area (Å²) in [4.78, 5) is 10.6. The van der Waals surface area contributed by atoms with Gasteiger partial charge in [0.25, 0.3) is 0 Å². The Morgan fingerprint density at radius 1 is 1.03 bits per heavy atom. The van der Waals surface area contributed by atoms with Crippen LogP contribution >= 0.6 is 11.6 Å². The van der Waals surface area contributed by atoms with Gasteiger partial charge >= 0.3 is 0 Å². The van der Waals surface area contributed by atoms with Crippen LogP contribution in [0.5, 0.6) is 5.75 Å². The highest BCUT2D eigenvalue weighted by Gasteiger charge is 2.37. The maximum Gasteiger partial charge on any atom is 0.188 e. The number of hydrogen-bond acceptors (Lipinski definition) is 2. The van der Waals surface area contributed by atoms with Gasteiger partial charge in [0, 0.05) is 5.56 Å². The number of alkyl halides is 1. The molecule has 0 saturated carbocycles. The van der Waals surface area contributed by atoms with Gasteiger partial charge in [-0.2, -0.15) is 0 Å². The van der Waals surface area contributed by atoms with Crippen LogP contribution in [0.15, 0.2) is 36.4 Å². The largest absolute Gasteiger partial charge is 0.497 e. The van der Waals surface area contributed by atoms with E-state index in [1.165, 1.54) is 6.07 Å². The van der Waals surface area contributed by atoms with Gasteiger partial charge in [0.15, 0.2) is 8.32 Å². The van der Waals surface area contributed by atoms with Crippen LogP contribution in [0.4, 0.5) is 4.39 Å². The lowest BCUT2D eigenvalue weighted by molar-refractivity contribution is 0.396. The molecule has 5 heteroatoms. The molecule has 2 rings (SSSR count). The lowest BCUT2D eigenvalue weighted by Crippen LogP contribution is -2.39. The van der Waals surface area contributed by atoms with Crippen molar-refractivity contribution in [1.29, 1.82) is 0 Å². The highest BCUT2D eigenvalue weighted by Crippen LogP contribution is 2.45. The van der Waals surface area contributed by atoms with Crippen LogP contribution in [0, 0.1) is 11.2 Å². The molecule has 1 atom stereocenters. The molecule has 30 heavy (non-hydrogen) atoms. The maximum atomic E-state index is 14.7. The molecule has 0 radical (unpaired) electrons. The summed E-state index contributed by atoms with van der Waals surface area (Å²) in [6.07, 6.45) is 1.73. The van der Waals surface area contributed by atoms with Gasteiger partial charge in [-0.1, -0.05) is 52.8 Å². The highest BCUT2D eigenvalue weighted by molar-refractivity contribution is 6.72. The normalized spacial score (nSPS) is 14.0. The summed E-state index contributed by atoms with van der Waals surface area (Å²) < 4.78 is 20.1. The van der Waals surface area contributed by atoms with Crippen LogP contribution < -0.4 is 4.74 Å². The fourth-order valence-corrected chi connectivity index (χ4v) is 4.21. The van der Waals surface area contributed by atoms with Crippen molar-refractivity contribution in [2.45, 2.75) is 71.0 Å². The Kier molecular flexibility index (Phi) is 7.48. The van der Waals surface area contributed by atoms with Crippen LogP contribution in [-0.2, 0) is 6.42 Å². The van der Waals surface area contributed by atoms with Crippen molar-refractivity contribution >= 4 is 19.9 Å². The second-order valence-corrected chi connectivity index (χ2v) is 15.3. The smallest absolute Gasteiger partial charge is 0.188 e. The molecule has 0 heterocycles. The Labute approximate surface area is 187 Å². The van der Waals surface area contributed by atoms with E-state index in [0.717, 1.165) is 29.5 Å². The standard InChI is InChI=1S/C25H36ClFO2Si/c1-24(2,3)23(26)21-15-17(13-14-25(4,5)30(7,8)28)9-11-19(21)20-16-18(29-6)10-12-22(20)27/h9-12,15-16,23,28H,13-14H2,1-8H3. The number of ether oxygens (including phenoxy) is 1. The number of hydrogen-bond donors (Lipinski definition) is 1. The van der Waals surface area contributed by atoms with Crippen molar-refractivity contribution in [1.82, 2.24) is 0 Å². The minimum atomic E-state index is -2.28. The molecule has 2 nitrogen and oxygen atoms in total. The van der Waals surface area contributed by atoms with E-state index in [4.69, 9.17) is 16.3 Å². The van der Waals surface area contributed by atoms with Crippen LogP contribution in [-0.4, -0.2) is 20.2 Å². The predicted molar refractivity (Wildman–Crippen MR) is 128 cm³/mol. The number of rotatable bonds is 7. The van der Waals surface area contributed by atoms with Crippen molar-refractivity contribution in [2.75, 3.05) is 7.11 Å². The Bertz CT molecular complexity index is 882. The van der Waals surface area contributed by atoms with E-state index in [9.17, 15) is 9.19 Å². The molecule has 2 aromatic carbocycles. The highest BCUT2D eigenvalue weighted by atomic mass is 35.5. The molecule has 2 aromatic rings. The summed E-state index contributed by atoms with van der Waals surface area (Å²) in [6.45, 7) is 14.5. The molecule has 0 amide bonds. The summed E-state index contributed by atoms with van der Waals surface area (Å²) >= 11 is 6.91. The van der Waals surface area contributed by atoms with Gasteiger partial charge in [-0.25, -0.2) is 4.39 Å². The van der Waals surface area contributed by atoms with E-state index < -0.39 is 8.32 Å². The van der Waals surface area contributed by atoms with E-state index in [0.29, 0.717) is 11.3 Å². The predicted octanol–water partition coefficient (Wildman–Crippen LogP) is 7.74. The molecule has 0 saturated heterocycles. The minimum absolute atomic E-state index is 0.102. The Morgan fingerprint density at radius 3 is 2.20 bits per heavy atom. The van der Waals surface area contributed by atoms with Crippen LogP contribution in [0.3, 0.4) is 0 Å². The monoisotopic (exact) mass is 450 g/mol. The fourth-order valence-electron chi connectivity index (χ4n) is 3.29. The van der Waals surface area contributed by atoms with Gasteiger partial charge in [0.05, 0.1) is 12.5 Å². The van der Waals surface area contributed by atoms with Crippen molar-refractivity contribution in [3.63, 3.8) is 0 Å². The summed E-state index contributed by atoms with van der Waals surface area (Å²) in [5.41, 5.74) is 3.17. The number of halogens is 2. The summed E-state index contributed by atoms with van der Waals surface area (Å²) in [6, 6.07) is 10.9. The van der Waals surface area contributed by atoms with E-state index in [-0.39, 0.29) is 21.6 Å². The second-order valence-electron chi connectivity index (χ2n) is 10.4. The van der Waals surface area contributed by atoms with Crippen molar-refractivity contribution in [3.8, 4) is 16.9 Å². The Morgan fingerprint density at radius 2 is 1.67 bits per heavy atom. The lowest BCUT2D eigenvalue weighted by Gasteiger charge is -2.35. The third-order valence-electron chi connectivity index (χ3n) is 6.31. The third kappa shape index (κ3) is 5.66. The summed E-state index contributed by atoms with van der Waals surface area (Å²) in [5, 5.41) is -0.385. The average molecular weight is 451 g/mol. The first-order valence-corrected chi connectivity index (χ1v) is 13.9. The van der Waals surface area contributed by atoms with E-state index in [2.05, 4.69) is 40.7 Å². The number of aryl methyl sites for hydroxylation is 1.